The van der Waals surface area contributed by atoms with Gasteiger partial charge in [0.2, 0.25) is 0 Å². The van der Waals surface area contributed by atoms with Crippen LogP contribution in [0.5, 0.6) is 11.5 Å². The number of benzene rings is 3. The van der Waals surface area contributed by atoms with Crippen LogP contribution in [0.1, 0.15) is 11.1 Å². The molecule has 2 aliphatic heterocycles. The van der Waals surface area contributed by atoms with E-state index in [1.807, 2.05) is 24.3 Å². The molecule has 0 aliphatic carbocycles. The molecule has 5 rings (SSSR count). The number of anilines is 2. The predicted molar refractivity (Wildman–Crippen MR) is 130 cm³/mol. The average molecular weight is 427 g/mol. The molecule has 6 nitrogen and oxygen atoms in total. The van der Waals surface area contributed by atoms with Crippen LogP contribution >= 0.6 is 0 Å². The van der Waals surface area contributed by atoms with E-state index < -0.39 is 0 Å². The second-order valence-corrected chi connectivity index (χ2v) is 7.69. The SMILES string of the molecule is COc1ccc(N2CCN=C2c2ccc(C3=NCCN3c3ccc(OC)cc3)cc2)cc1. The van der Waals surface area contributed by atoms with Crippen molar-refractivity contribution in [3.8, 4) is 11.5 Å². The normalized spacial score (nSPS) is 15.6. The van der Waals surface area contributed by atoms with Crippen molar-refractivity contribution in [3.63, 3.8) is 0 Å². The van der Waals surface area contributed by atoms with Gasteiger partial charge in [-0.2, -0.15) is 0 Å². The first-order valence-corrected chi connectivity index (χ1v) is 10.8. The first-order chi connectivity index (χ1) is 15.8. The lowest BCUT2D eigenvalue weighted by molar-refractivity contribution is 0.414. The Morgan fingerprint density at radius 3 is 1.28 bits per heavy atom. The number of amidine groups is 2. The van der Waals surface area contributed by atoms with Crippen LogP contribution in [0.25, 0.3) is 0 Å². The Balaban J connectivity index is 1.36. The molecule has 0 saturated heterocycles. The molecule has 0 unspecified atom stereocenters. The van der Waals surface area contributed by atoms with Gasteiger partial charge in [0.1, 0.15) is 23.2 Å². The van der Waals surface area contributed by atoms with Crippen molar-refractivity contribution in [2.24, 2.45) is 9.98 Å². The van der Waals surface area contributed by atoms with Crippen LogP contribution in [0.4, 0.5) is 11.4 Å². The number of hydrogen-bond acceptors (Lipinski definition) is 6. The summed E-state index contributed by atoms with van der Waals surface area (Å²) in [5, 5.41) is 0. The lowest BCUT2D eigenvalue weighted by Gasteiger charge is -2.22. The molecule has 0 bridgehead atoms. The Morgan fingerprint density at radius 2 is 0.938 bits per heavy atom. The van der Waals surface area contributed by atoms with E-state index in [1.54, 1.807) is 14.2 Å². The van der Waals surface area contributed by atoms with Gasteiger partial charge < -0.3 is 19.3 Å². The van der Waals surface area contributed by atoms with Crippen LogP contribution in [-0.4, -0.2) is 52.1 Å². The summed E-state index contributed by atoms with van der Waals surface area (Å²) in [6.45, 7) is 3.34. The van der Waals surface area contributed by atoms with Crippen molar-refractivity contribution >= 4 is 23.0 Å². The van der Waals surface area contributed by atoms with E-state index in [9.17, 15) is 0 Å². The van der Waals surface area contributed by atoms with Gasteiger partial charge in [-0.05, 0) is 48.5 Å². The molecule has 0 amide bonds. The minimum atomic E-state index is 0.793. The van der Waals surface area contributed by atoms with Crippen molar-refractivity contribution in [2.45, 2.75) is 0 Å². The predicted octanol–water partition coefficient (Wildman–Crippen LogP) is 4.24. The summed E-state index contributed by atoms with van der Waals surface area (Å²) in [4.78, 5) is 14.1. The fourth-order valence-corrected chi connectivity index (χ4v) is 4.18. The highest BCUT2D eigenvalue weighted by Gasteiger charge is 2.23. The molecule has 0 aromatic heterocycles. The third kappa shape index (κ3) is 3.80. The van der Waals surface area contributed by atoms with Gasteiger partial charge in [0.15, 0.2) is 0 Å². The molecule has 0 spiro atoms. The summed E-state index contributed by atoms with van der Waals surface area (Å²) in [5.41, 5.74) is 4.46. The van der Waals surface area contributed by atoms with Crippen LogP contribution in [0.3, 0.4) is 0 Å². The smallest absolute Gasteiger partial charge is 0.135 e. The molecule has 0 atom stereocenters. The quantitative estimate of drug-likeness (QED) is 0.592. The Bertz CT molecular complexity index is 1040. The number of ether oxygens (including phenoxy) is 2. The van der Waals surface area contributed by atoms with Gasteiger partial charge in [-0.25, -0.2) is 0 Å². The van der Waals surface area contributed by atoms with Crippen molar-refractivity contribution in [2.75, 3.05) is 50.2 Å². The molecule has 0 N–H and O–H groups in total. The third-order valence-corrected chi connectivity index (χ3v) is 5.85. The second kappa shape index (κ2) is 8.75. The number of methoxy groups -OCH3 is 2. The zero-order valence-corrected chi connectivity index (χ0v) is 18.4. The number of hydrogen-bond donors (Lipinski definition) is 0. The van der Waals surface area contributed by atoms with Gasteiger partial charge in [-0.15, -0.1) is 0 Å². The molecule has 3 aromatic carbocycles. The molecular weight excluding hydrogens is 400 g/mol. The molecule has 2 aliphatic rings. The van der Waals surface area contributed by atoms with Gasteiger partial charge in [0.25, 0.3) is 0 Å². The fraction of sp³-hybridized carbons (Fsp3) is 0.231. The van der Waals surface area contributed by atoms with Crippen molar-refractivity contribution in [1.82, 2.24) is 0 Å². The van der Waals surface area contributed by atoms with Gasteiger partial charge in [0.05, 0.1) is 27.3 Å². The highest BCUT2D eigenvalue weighted by molar-refractivity contribution is 6.13. The second-order valence-electron chi connectivity index (χ2n) is 7.69. The zero-order valence-electron chi connectivity index (χ0n) is 18.4. The fourth-order valence-electron chi connectivity index (χ4n) is 4.18. The van der Waals surface area contributed by atoms with Gasteiger partial charge in [-0.3, -0.25) is 9.98 Å². The van der Waals surface area contributed by atoms with Gasteiger partial charge in [0, 0.05) is 35.6 Å². The summed E-state index contributed by atoms with van der Waals surface area (Å²) in [5.74, 6) is 3.72. The minimum absolute atomic E-state index is 0.793. The highest BCUT2D eigenvalue weighted by Crippen LogP contribution is 2.26. The molecule has 3 aromatic rings. The topological polar surface area (TPSA) is 49.7 Å². The first kappa shape index (κ1) is 20.1. The Hall–Kier alpha value is -3.80. The van der Waals surface area contributed by atoms with E-state index in [2.05, 4.69) is 58.3 Å². The lowest BCUT2D eigenvalue weighted by atomic mass is 10.1. The third-order valence-electron chi connectivity index (χ3n) is 5.85. The molecule has 0 radical (unpaired) electrons. The highest BCUT2D eigenvalue weighted by atomic mass is 16.5. The molecule has 2 heterocycles. The molecule has 162 valence electrons. The number of aliphatic imine (C=N–C) groups is 2. The van der Waals surface area contributed by atoms with E-state index in [0.717, 1.165) is 71.9 Å². The van der Waals surface area contributed by atoms with Gasteiger partial charge in [-0.1, -0.05) is 24.3 Å². The minimum Gasteiger partial charge on any atom is -0.497 e. The maximum Gasteiger partial charge on any atom is 0.135 e. The lowest BCUT2D eigenvalue weighted by Crippen LogP contribution is -2.29. The summed E-state index contributed by atoms with van der Waals surface area (Å²) >= 11 is 0. The van der Waals surface area contributed by atoms with E-state index in [-0.39, 0.29) is 0 Å². The van der Waals surface area contributed by atoms with E-state index in [0.29, 0.717) is 0 Å². The van der Waals surface area contributed by atoms with Crippen LogP contribution in [0.2, 0.25) is 0 Å². The largest absolute Gasteiger partial charge is 0.497 e. The molecule has 6 heteroatoms. The summed E-state index contributed by atoms with van der Waals surface area (Å²) in [7, 11) is 3.37. The molecule has 0 saturated carbocycles. The van der Waals surface area contributed by atoms with Crippen molar-refractivity contribution in [1.29, 1.82) is 0 Å². The Kier molecular flexibility index (Phi) is 5.50. The summed E-state index contributed by atoms with van der Waals surface area (Å²) in [6.07, 6.45) is 0. The van der Waals surface area contributed by atoms with Crippen molar-refractivity contribution < 1.29 is 9.47 Å². The molecule has 0 fully saturated rings. The van der Waals surface area contributed by atoms with Crippen LogP contribution < -0.4 is 19.3 Å². The number of nitrogens with zero attached hydrogens (tertiary/aromatic N) is 4. The first-order valence-electron chi connectivity index (χ1n) is 10.8. The maximum absolute atomic E-state index is 5.29. The summed E-state index contributed by atoms with van der Waals surface area (Å²) in [6, 6.07) is 24.8. The summed E-state index contributed by atoms with van der Waals surface area (Å²) < 4.78 is 10.6. The van der Waals surface area contributed by atoms with Crippen LogP contribution in [-0.2, 0) is 0 Å². The van der Waals surface area contributed by atoms with Crippen LogP contribution in [0.15, 0.2) is 82.8 Å². The van der Waals surface area contributed by atoms with Crippen molar-refractivity contribution in [3.05, 3.63) is 83.9 Å². The molecule has 32 heavy (non-hydrogen) atoms. The van der Waals surface area contributed by atoms with E-state index >= 15 is 0 Å². The van der Waals surface area contributed by atoms with E-state index in [4.69, 9.17) is 19.5 Å². The van der Waals surface area contributed by atoms with E-state index in [1.165, 1.54) is 0 Å². The monoisotopic (exact) mass is 426 g/mol. The average Bonchev–Trinajstić information content (AvgIpc) is 3.54. The standard InChI is InChI=1S/C26H26N4O2/c1-31-23-11-7-21(8-12-23)29-17-15-27-25(29)19-3-5-20(6-4-19)26-28-16-18-30(26)22-9-13-24(32-2)14-10-22/h3-14H,15-18H2,1-2H3. The Morgan fingerprint density at radius 1 is 0.562 bits per heavy atom. The maximum atomic E-state index is 5.29. The zero-order chi connectivity index (χ0) is 21.9. The Labute approximate surface area is 188 Å². The number of rotatable bonds is 6. The van der Waals surface area contributed by atoms with Gasteiger partial charge >= 0.3 is 0 Å². The van der Waals surface area contributed by atoms with Crippen LogP contribution in [0, 0.1) is 0 Å². The molecular formula is C26H26N4O2.